The molecular weight excluding hydrogens is 397 g/mol. The number of aryl methyl sites for hydroxylation is 2. The number of nitrogens with two attached hydrogens (primary N) is 1. The third-order valence-electron chi connectivity index (χ3n) is 6.49. The predicted molar refractivity (Wildman–Crippen MR) is 132 cm³/mol. The normalized spacial score (nSPS) is 19.4. The number of nitrogens with zero attached hydrogens (tertiary/aromatic N) is 1. The predicted octanol–water partition coefficient (Wildman–Crippen LogP) is 6.61. The van der Waals surface area contributed by atoms with Crippen molar-refractivity contribution in [3.8, 4) is 0 Å². The van der Waals surface area contributed by atoms with Crippen LogP contribution < -0.4 is 5.73 Å². The van der Waals surface area contributed by atoms with Gasteiger partial charge in [0.2, 0.25) is 0 Å². The summed E-state index contributed by atoms with van der Waals surface area (Å²) in [6, 6.07) is 11.6. The van der Waals surface area contributed by atoms with Crippen LogP contribution in [0, 0.1) is 24.1 Å². The molecule has 1 unspecified atom stereocenters. The molecule has 1 aliphatic heterocycles. The number of benzene rings is 2. The molecule has 0 spiro atoms. The number of allylic oxidation sites excluding steroid dienone is 6. The van der Waals surface area contributed by atoms with Crippen molar-refractivity contribution in [1.29, 1.82) is 5.41 Å². The van der Waals surface area contributed by atoms with Crippen LogP contribution in [0.2, 0.25) is 0 Å². The van der Waals surface area contributed by atoms with E-state index in [1.807, 2.05) is 25.1 Å². The van der Waals surface area contributed by atoms with Crippen LogP contribution >= 0.6 is 0 Å². The first kappa shape index (κ1) is 21.9. The number of rotatable bonds is 2. The summed E-state index contributed by atoms with van der Waals surface area (Å²) in [5.74, 6) is 0.723. The Kier molecular flexibility index (Phi) is 6.22. The van der Waals surface area contributed by atoms with Crippen molar-refractivity contribution in [2.45, 2.75) is 46.5 Å². The van der Waals surface area contributed by atoms with Crippen molar-refractivity contribution in [3.63, 3.8) is 0 Å². The average Bonchev–Trinajstić information content (AvgIpc) is 2.76. The van der Waals surface area contributed by atoms with Crippen LogP contribution in [-0.4, -0.2) is 11.7 Å². The van der Waals surface area contributed by atoms with E-state index in [2.05, 4.69) is 49.2 Å². The highest BCUT2D eigenvalue weighted by molar-refractivity contribution is 6.09. The SMILES string of the molecule is CC1=C(c2ccc(F)c(C)c2)C(c2ccc3c(c2)CCC(C)C(N)=NC3=N)=CC=CCC1. The maximum Gasteiger partial charge on any atom is 0.154 e. The molecule has 2 aromatic rings. The van der Waals surface area contributed by atoms with E-state index in [0.717, 1.165) is 59.1 Å². The molecule has 0 saturated heterocycles. The first-order valence-electron chi connectivity index (χ1n) is 11.2. The van der Waals surface area contributed by atoms with Gasteiger partial charge < -0.3 is 5.73 Å². The molecular formula is C28H30FN3. The number of halogens is 1. The Hall–Kier alpha value is -3.27. The molecule has 0 amide bonds. The zero-order valence-electron chi connectivity index (χ0n) is 19.0. The molecule has 4 rings (SSSR count). The topological polar surface area (TPSA) is 62.2 Å². The summed E-state index contributed by atoms with van der Waals surface area (Å²) in [4.78, 5) is 4.33. The summed E-state index contributed by atoms with van der Waals surface area (Å²) >= 11 is 0. The van der Waals surface area contributed by atoms with Crippen molar-refractivity contribution in [2.75, 3.05) is 0 Å². The Balaban J connectivity index is 1.85. The summed E-state index contributed by atoms with van der Waals surface area (Å²) in [7, 11) is 0. The highest BCUT2D eigenvalue weighted by atomic mass is 19.1. The Labute approximate surface area is 189 Å². The minimum Gasteiger partial charge on any atom is -0.387 e. The number of hydrogen-bond acceptors (Lipinski definition) is 2. The smallest absolute Gasteiger partial charge is 0.154 e. The molecule has 0 bridgehead atoms. The highest BCUT2D eigenvalue weighted by Crippen LogP contribution is 2.38. The first-order chi connectivity index (χ1) is 15.3. The van der Waals surface area contributed by atoms with E-state index in [9.17, 15) is 4.39 Å². The molecule has 1 aliphatic carbocycles. The van der Waals surface area contributed by atoms with Gasteiger partial charge in [-0.2, -0.15) is 0 Å². The molecule has 4 heteroatoms. The fourth-order valence-electron chi connectivity index (χ4n) is 4.46. The molecule has 0 saturated carbocycles. The molecule has 0 fully saturated rings. The van der Waals surface area contributed by atoms with Crippen LogP contribution in [-0.2, 0) is 6.42 Å². The minimum atomic E-state index is -0.183. The van der Waals surface area contributed by atoms with Crippen molar-refractivity contribution >= 4 is 22.8 Å². The molecule has 2 aromatic carbocycles. The molecule has 1 heterocycles. The van der Waals surface area contributed by atoms with Crippen molar-refractivity contribution in [2.24, 2.45) is 16.6 Å². The Morgan fingerprint density at radius 3 is 2.62 bits per heavy atom. The number of amidine groups is 2. The van der Waals surface area contributed by atoms with Gasteiger partial charge >= 0.3 is 0 Å². The molecule has 1 atom stereocenters. The van der Waals surface area contributed by atoms with Crippen LogP contribution in [0.25, 0.3) is 11.1 Å². The van der Waals surface area contributed by atoms with E-state index >= 15 is 0 Å². The lowest BCUT2D eigenvalue weighted by Gasteiger charge is -2.22. The van der Waals surface area contributed by atoms with Gasteiger partial charge in [-0.05, 0) is 85.1 Å². The molecule has 2 aliphatic rings. The van der Waals surface area contributed by atoms with E-state index in [-0.39, 0.29) is 17.6 Å². The molecule has 3 N–H and O–H groups in total. The summed E-state index contributed by atoms with van der Waals surface area (Å²) in [5.41, 5.74) is 14.4. The average molecular weight is 428 g/mol. The minimum absolute atomic E-state index is 0.149. The van der Waals surface area contributed by atoms with E-state index in [1.165, 1.54) is 5.57 Å². The number of fused-ring (bicyclic) bond motifs is 1. The second kappa shape index (κ2) is 9.07. The third kappa shape index (κ3) is 4.36. The molecule has 32 heavy (non-hydrogen) atoms. The summed E-state index contributed by atoms with van der Waals surface area (Å²) < 4.78 is 14.0. The van der Waals surface area contributed by atoms with E-state index in [4.69, 9.17) is 11.1 Å². The van der Waals surface area contributed by atoms with Gasteiger partial charge in [-0.3, -0.25) is 5.41 Å². The number of nitrogens with one attached hydrogen (secondary N) is 1. The molecule has 164 valence electrons. The van der Waals surface area contributed by atoms with Gasteiger partial charge in [-0.25, -0.2) is 9.38 Å². The lowest BCUT2D eigenvalue weighted by molar-refractivity contribution is 0.618. The number of hydrogen-bond donors (Lipinski definition) is 2. The first-order valence-corrected chi connectivity index (χ1v) is 11.2. The van der Waals surface area contributed by atoms with Crippen LogP contribution in [0.4, 0.5) is 4.39 Å². The van der Waals surface area contributed by atoms with Gasteiger partial charge in [0.05, 0.1) is 0 Å². The van der Waals surface area contributed by atoms with Crippen molar-refractivity contribution in [1.82, 2.24) is 0 Å². The van der Waals surface area contributed by atoms with Gasteiger partial charge in [-0.15, -0.1) is 0 Å². The Morgan fingerprint density at radius 1 is 1.06 bits per heavy atom. The van der Waals surface area contributed by atoms with Gasteiger partial charge in [0, 0.05) is 11.5 Å². The van der Waals surface area contributed by atoms with Gasteiger partial charge in [0.1, 0.15) is 11.7 Å². The zero-order valence-corrected chi connectivity index (χ0v) is 19.0. The van der Waals surface area contributed by atoms with E-state index in [0.29, 0.717) is 11.4 Å². The van der Waals surface area contributed by atoms with Gasteiger partial charge in [0.25, 0.3) is 0 Å². The monoisotopic (exact) mass is 427 g/mol. The second-order valence-corrected chi connectivity index (χ2v) is 8.86. The summed E-state index contributed by atoms with van der Waals surface area (Å²) in [5, 5.41) is 8.42. The number of aliphatic imine (C=N–C) groups is 1. The van der Waals surface area contributed by atoms with Crippen LogP contribution in [0.15, 0.2) is 65.2 Å². The fraction of sp³-hybridized carbons (Fsp3) is 0.286. The quantitative estimate of drug-likeness (QED) is 0.557. The van der Waals surface area contributed by atoms with E-state index in [1.54, 1.807) is 6.07 Å². The fourth-order valence-corrected chi connectivity index (χ4v) is 4.46. The summed E-state index contributed by atoms with van der Waals surface area (Å²) in [6.45, 7) is 6.04. The molecule has 0 aromatic heterocycles. The maximum absolute atomic E-state index is 14.0. The van der Waals surface area contributed by atoms with Crippen LogP contribution in [0.3, 0.4) is 0 Å². The largest absolute Gasteiger partial charge is 0.387 e. The Morgan fingerprint density at radius 2 is 1.84 bits per heavy atom. The van der Waals surface area contributed by atoms with Gasteiger partial charge in [-0.1, -0.05) is 55.0 Å². The zero-order chi connectivity index (χ0) is 22.8. The summed E-state index contributed by atoms with van der Waals surface area (Å²) in [6.07, 6.45) is 10.2. The maximum atomic E-state index is 14.0. The lowest BCUT2D eigenvalue weighted by Crippen LogP contribution is -2.25. The Bertz CT molecular complexity index is 1200. The van der Waals surface area contributed by atoms with Crippen molar-refractivity contribution < 1.29 is 4.39 Å². The van der Waals surface area contributed by atoms with E-state index < -0.39 is 0 Å². The van der Waals surface area contributed by atoms with Crippen LogP contribution in [0.1, 0.15) is 60.9 Å². The molecule has 0 radical (unpaired) electrons. The van der Waals surface area contributed by atoms with Gasteiger partial charge in [0.15, 0.2) is 5.84 Å². The third-order valence-corrected chi connectivity index (χ3v) is 6.49. The lowest BCUT2D eigenvalue weighted by atomic mass is 9.84. The van der Waals surface area contributed by atoms with Crippen molar-refractivity contribution in [3.05, 3.63) is 93.8 Å². The highest BCUT2D eigenvalue weighted by Gasteiger charge is 2.20. The molecule has 3 nitrogen and oxygen atoms in total. The van der Waals surface area contributed by atoms with Crippen LogP contribution in [0.5, 0.6) is 0 Å². The second-order valence-electron chi connectivity index (χ2n) is 8.86. The standard InChI is InChI=1S/C28H30FN3/c1-17-7-5-4-6-8-23(26(17)22-12-14-25(29)19(3)15-22)20-11-13-24-21(16-20)10-9-18(2)27(30)32-28(24)31/h4,6,8,11-16,18H,5,7,9-10H2,1-3H3,(H3,30,31,32).